The molecule has 4 rings (SSSR count). The summed E-state index contributed by atoms with van der Waals surface area (Å²) in [5.41, 5.74) is 9.20. The van der Waals surface area contributed by atoms with Gasteiger partial charge in [0.2, 0.25) is 17.8 Å². The minimum Gasteiger partial charge on any atom is -0.490 e. The van der Waals surface area contributed by atoms with Gasteiger partial charge >= 0.3 is 12.1 Å². The highest BCUT2D eigenvalue weighted by Gasteiger charge is 2.35. The summed E-state index contributed by atoms with van der Waals surface area (Å²) in [7, 11) is -4.23. The standard InChI is InChI=1S/C59H82N6O12S/c1-12-20-49(55(70)75-37-43-21-15-14-16-22-43)64-53(68)44(23-19-32-61-56(60)65-78(72,73)52-40(5)39(4)51-47(41(52)6)29-30-59(10,11)76-51)36-50(67)48(24-17-18-31-62-57(71)77-58(7,8)9)63-54(69)45(34-38(3)66)35-42-25-27-46(28-26-42)74-33-13-2/h12-16,21-22,25-28,44-45,48-49H,1-2,17-20,23-24,29-37H2,3-11H3,(H,62,71)(H,63,69)(H,64,68)(H3,60,61,65)/t44-,45-,48+,49-/m0/s1. The van der Waals surface area contributed by atoms with Crippen LogP contribution in [0.4, 0.5) is 4.79 Å². The fourth-order valence-corrected chi connectivity index (χ4v) is 10.6. The summed E-state index contributed by atoms with van der Waals surface area (Å²) < 4.78 is 53.2. The van der Waals surface area contributed by atoms with Crippen LogP contribution in [0.1, 0.15) is 133 Å². The van der Waals surface area contributed by atoms with E-state index in [1.165, 1.54) is 13.0 Å². The van der Waals surface area contributed by atoms with Crippen molar-refractivity contribution in [3.63, 3.8) is 0 Å². The third-order valence-electron chi connectivity index (χ3n) is 13.2. The van der Waals surface area contributed by atoms with E-state index in [-0.39, 0.29) is 74.9 Å². The third kappa shape index (κ3) is 20.4. The summed E-state index contributed by atoms with van der Waals surface area (Å²) in [6.07, 6.45) is 4.46. The largest absolute Gasteiger partial charge is 0.490 e. The predicted octanol–water partition coefficient (Wildman–Crippen LogP) is 8.05. The number of hydrogen-bond donors (Lipinski definition) is 5. The summed E-state index contributed by atoms with van der Waals surface area (Å²) in [6, 6.07) is 13.8. The zero-order valence-corrected chi connectivity index (χ0v) is 47.8. The van der Waals surface area contributed by atoms with E-state index in [2.05, 4.69) is 38.8 Å². The molecule has 0 aromatic heterocycles. The van der Waals surface area contributed by atoms with Crippen LogP contribution < -0.4 is 35.9 Å². The van der Waals surface area contributed by atoms with Crippen molar-refractivity contribution in [2.24, 2.45) is 22.6 Å². The van der Waals surface area contributed by atoms with Crippen LogP contribution in [0.2, 0.25) is 0 Å². The van der Waals surface area contributed by atoms with E-state index >= 15 is 0 Å². The molecule has 0 radical (unpaired) electrons. The van der Waals surface area contributed by atoms with Crippen LogP contribution in [0.3, 0.4) is 0 Å². The first-order valence-corrected chi connectivity index (χ1v) is 28.1. The highest BCUT2D eigenvalue weighted by Crippen LogP contribution is 2.42. The van der Waals surface area contributed by atoms with Crippen molar-refractivity contribution in [2.75, 3.05) is 19.7 Å². The van der Waals surface area contributed by atoms with Gasteiger partial charge in [-0.05, 0) is 166 Å². The molecule has 19 heteroatoms. The Morgan fingerprint density at radius 3 is 2.14 bits per heavy atom. The quantitative estimate of drug-likeness (QED) is 0.0139. The molecule has 1 aliphatic rings. The monoisotopic (exact) mass is 1100 g/mol. The molecule has 0 bridgehead atoms. The van der Waals surface area contributed by atoms with Crippen molar-refractivity contribution < 1.29 is 56.1 Å². The fraction of sp³-hybridized carbons (Fsp3) is 0.508. The highest BCUT2D eigenvalue weighted by molar-refractivity contribution is 7.90. The van der Waals surface area contributed by atoms with Crippen LogP contribution in [-0.4, -0.2) is 92.8 Å². The molecule has 3 aromatic carbocycles. The van der Waals surface area contributed by atoms with Crippen LogP contribution in [0.15, 0.2) is 89.8 Å². The number of sulfonamides is 1. The number of rotatable bonds is 30. The molecule has 0 fully saturated rings. The summed E-state index contributed by atoms with van der Waals surface area (Å²) in [5, 5.41) is 8.36. The number of benzene rings is 3. The van der Waals surface area contributed by atoms with Gasteiger partial charge in [-0.3, -0.25) is 19.4 Å². The van der Waals surface area contributed by atoms with E-state index < -0.39 is 81.2 Å². The van der Waals surface area contributed by atoms with E-state index in [1.54, 1.807) is 89.2 Å². The van der Waals surface area contributed by atoms with Gasteiger partial charge in [0.05, 0.1) is 10.9 Å². The Labute approximate surface area is 461 Å². The number of ether oxygens (including phenoxy) is 4. The Morgan fingerprint density at radius 2 is 1.50 bits per heavy atom. The second kappa shape index (κ2) is 29.6. The highest BCUT2D eigenvalue weighted by atomic mass is 32.2. The first kappa shape index (κ1) is 63.5. The number of guanidine groups is 1. The minimum atomic E-state index is -4.23. The van der Waals surface area contributed by atoms with Crippen molar-refractivity contribution in [3.05, 3.63) is 113 Å². The number of aliphatic imine (C=N–C) groups is 1. The van der Waals surface area contributed by atoms with Crippen LogP contribution in [0, 0.1) is 32.6 Å². The number of amides is 3. The van der Waals surface area contributed by atoms with Gasteiger partial charge in [-0.15, -0.1) is 6.58 Å². The third-order valence-corrected chi connectivity index (χ3v) is 14.8. The first-order valence-electron chi connectivity index (χ1n) is 26.6. The molecule has 0 aliphatic carbocycles. The number of carbonyl (C=O) groups excluding carboxylic acids is 6. The van der Waals surface area contributed by atoms with E-state index in [1.807, 2.05) is 26.8 Å². The predicted molar refractivity (Wildman–Crippen MR) is 300 cm³/mol. The molecule has 0 spiro atoms. The number of nitrogens with one attached hydrogen (secondary N) is 4. The van der Waals surface area contributed by atoms with Gasteiger partial charge in [-0.25, -0.2) is 22.7 Å². The van der Waals surface area contributed by atoms with Crippen molar-refractivity contribution in [1.82, 2.24) is 20.7 Å². The van der Waals surface area contributed by atoms with Gasteiger partial charge in [0.25, 0.3) is 10.0 Å². The minimum absolute atomic E-state index is 0.00677. The van der Waals surface area contributed by atoms with E-state index in [4.69, 9.17) is 24.7 Å². The average molecular weight is 1100 g/mol. The number of nitrogens with zero attached hydrogens (tertiary/aromatic N) is 1. The molecule has 0 saturated carbocycles. The normalized spacial score (nSPS) is 14.7. The van der Waals surface area contributed by atoms with Gasteiger partial charge in [-0.2, -0.15) is 0 Å². The van der Waals surface area contributed by atoms with Crippen LogP contribution >= 0.6 is 0 Å². The van der Waals surface area contributed by atoms with E-state index in [0.29, 0.717) is 60.5 Å². The summed E-state index contributed by atoms with van der Waals surface area (Å²) in [4.78, 5) is 86.2. The molecule has 4 atom stereocenters. The lowest BCUT2D eigenvalue weighted by molar-refractivity contribution is -0.149. The summed E-state index contributed by atoms with van der Waals surface area (Å²) >= 11 is 0. The molecule has 18 nitrogen and oxygen atoms in total. The lowest BCUT2D eigenvalue weighted by atomic mass is 9.88. The van der Waals surface area contributed by atoms with Crippen molar-refractivity contribution in [1.29, 1.82) is 0 Å². The molecular weight excluding hydrogens is 1020 g/mol. The maximum absolute atomic E-state index is 14.7. The first-order chi connectivity index (χ1) is 36.7. The molecule has 3 amide bonds. The number of nitrogens with two attached hydrogens (primary N) is 1. The maximum Gasteiger partial charge on any atom is 0.407 e. The van der Waals surface area contributed by atoms with E-state index in [0.717, 1.165) is 16.7 Å². The Balaban J connectivity index is 1.60. The Hall–Kier alpha value is -7.02. The number of alkyl carbamates (subject to hydrolysis) is 1. The van der Waals surface area contributed by atoms with Crippen LogP contribution in [-0.2, 0) is 62.9 Å². The second-order valence-corrected chi connectivity index (χ2v) is 23.1. The number of Topliss-reactive ketones (excluding diaryl/α,β-unsaturated/α-hetero) is 2. The van der Waals surface area contributed by atoms with Gasteiger partial charge in [-0.1, -0.05) is 61.2 Å². The lowest BCUT2D eigenvalue weighted by Crippen LogP contribution is -2.47. The van der Waals surface area contributed by atoms with Crippen molar-refractivity contribution in [3.8, 4) is 11.5 Å². The Kier molecular flexibility index (Phi) is 24.1. The molecule has 1 heterocycles. The number of hydrogen-bond acceptors (Lipinski definition) is 13. The molecule has 0 saturated heterocycles. The number of unbranched alkanes of at least 4 members (excludes halogenated alkanes) is 1. The molecule has 78 heavy (non-hydrogen) atoms. The summed E-state index contributed by atoms with van der Waals surface area (Å²) in [5.74, 6) is -3.73. The molecular formula is C59H82N6O12S. The van der Waals surface area contributed by atoms with Gasteiger partial charge in [0.15, 0.2) is 5.78 Å². The molecule has 1 aliphatic heterocycles. The van der Waals surface area contributed by atoms with Crippen LogP contribution in [0.5, 0.6) is 11.5 Å². The molecule has 426 valence electrons. The molecule has 3 aromatic rings. The zero-order chi connectivity index (χ0) is 57.8. The van der Waals surface area contributed by atoms with Gasteiger partial charge in [0.1, 0.15) is 47.7 Å². The van der Waals surface area contributed by atoms with E-state index in [9.17, 15) is 37.2 Å². The number of fused-ring (bicyclic) bond motifs is 1. The topological polar surface area (TPSA) is 260 Å². The Morgan fingerprint density at radius 1 is 0.833 bits per heavy atom. The molecule has 0 unspecified atom stereocenters. The van der Waals surface area contributed by atoms with Crippen molar-refractivity contribution in [2.45, 2.75) is 168 Å². The fourth-order valence-electron chi connectivity index (χ4n) is 9.07. The summed E-state index contributed by atoms with van der Waals surface area (Å²) in [6.45, 7) is 23.7. The van der Waals surface area contributed by atoms with Crippen molar-refractivity contribution >= 4 is 51.4 Å². The lowest BCUT2D eigenvalue weighted by Gasteiger charge is -2.35. The van der Waals surface area contributed by atoms with Crippen LogP contribution in [0.25, 0.3) is 0 Å². The second-order valence-electron chi connectivity index (χ2n) is 21.5. The molecule has 6 N–H and O–H groups in total. The average Bonchev–Trinajstić information content (AvgIpc) is 3.38. The number of carbonyl (C=O) groups is 6. The number of esters is 1. The Bertz CT molecular complexity index is 2740. The maximum atomic E-state index is 14.7. The van der Waals surface area contributed by atoms with Gasteiger partial charge < -0.3 is 45.4 Å². The zero-order valence-electron chi connectivity index (χ0n) is 47.0. The number of ketones is 2. The van der Waals surface area contributed by atoms with Gasteiger partial charge in [0, 0.05) is 37.8 Å². The SMILES string of the molecule is C=CCOc1ccc(C[C@H](CC(C)=O)C(=O)N[C@H](CCCCNC(=O)OC(C)(C)C)C(=O)C[C@H](CCCN=C(N)NS(=O)(=O)c2c(C)c(C)c3c(c2C)CCC(C)(C)O3)C(=O)N[C@@H](CC=C)C(=O)OCc2ccccc2)cc1. The smallest absolute Gasteiger partial charge is 0.407 e.